The number of rotatable bonds is 19. The molecule has 2 fully saturated rings. The summed E-state index contributed by atoms with van der Waals surface area (Å²) in [5.41, 5.74) is 0. The van der Waals surface area contributed by atoms with Crippen molar-refractivity contribution >= 4 is 25.3 Å². The number of thiol groups is 2. The van der Waals surface area contributed by atoms with Crippen LogP contribution in [0.2, 0.25) is 0 Å². The highest BCUT2D eigenvalue weighted by molar-refractivity contribution is 7.82. The Bertz CT molecular complexity index is 513. The van der Waals surface area contributed by atoms with Gasteiger partial charge in [0.05, 0.1) is 26.4 Å². The lowest BCUT2D eigenvalue weighted by molar-refractivity contribution is 0.0342. The van der Waals surface area contributed by atoms with Crippen LogP contribution in [0.25, 0.3) is 0 Å². The molecular formula is C26H56N6O2S2. The summed E-state index contributed by atoms with van der Waals surface area (Å²) in [5, 5.41) is 14.7. The van der Waals surface area contributed by atoms with E-state index in [-0.39, 0.29) is 9.49 Å². The highest BCUT2D eigenvalue weighted by Crippen LogP contribution is 2.16. The highest BCUT2D eigenvalue weighted by Gasteiger charge is 2.25. The molecule has 0 spiro atoms. The molecule has 2 aliphatic rings. The Morgan fingerprint density at radius 3 is 1.39 bits per heavy atom. The topological polar surface area (TPSA) is 73.1 Å². The lowest BCUT2D eigenvalue weighted by Crippen LogP contribution is -2.50. The first-order chi connectivity index (χ1) is 17.2. The largest absolute Gasteiger partial charge is 0.379 e. The van der Waals surface area contributed by atoms with Gasteiger partial charge in [0.1, 0.15) is 0 Å². The number of morpholine rings is 2. The van der Waals surface area contributed by atoms with E-state index in [2.05, 4.69) is 58.8 Å². The molecule has 2 heterocycles. The average Bonchev–Trinajstić information content (AvgIpc) is 2.84. The second-order valence-electron chi connectivity index (χ2n) is 11.2. The maximum absolute atomic E-state index is 5.46. The smallest absolute Gasteiger partial charge is 0.0594 e. The zero-order valence-corrected chi connectivity index (χ0v) is 25.3. The molecule has 214 valence electrons. The lowest BCUT2D eigenvalue weighted by atomic mass is 10.1. The normalized spacial score (nSPS) is 23.2. The van der Waals surface area contributed by atoms with Gasteiger partial charge in [0.25, 0.3) is 0 Å². The molecular weight excluding hydrogens is 492 g/mol. The number of nitrogens with zero attached hydrogens (tertiary/aromatic N) is 2. The van der Waals surface area contributed by atoms with Gasteiger partial charge in [0.15, 0.2) is 0 Å². The van der Waals surface area contributed by atoms with Gasteiger partial charge in [-0.2, -0.15) is 25.3 Å². The number of hydrogen-bond acceptors (Lipinski definition) is 10. The molecule has 10 heteroatoms. The van der Waals surface area contributed by atoms with E-state index in [4.69, 9.17) is 34.7 Å². The van der Waals surface area contributed by atoms with Gasteiger partial charge < -0.3 is 30.7 Å². The molecule has 0 saturated carbocycles. The van der Waals surface area contributed by atoms with Crippen LogP contribution in [0.1, 0.15) is 40.5 Å². The molecule has 0 bridgehead atoms. The van der Waals surface area contributed by atoms with Gasteiger partial charge in [-0.05, 0) is 26.7 Å². The van der Waals surface area contributed by atoms with E-state index in [1.165, 1.54) is 0 Å². The molecule has 4 atom stereocenters. The Morgan fingerprint density at radius 2 is 1.06 bits per heavy atom. The van der Waals surface area contributed by atoms with Gasteiger partial charge in [0, 0.05) is 100 Å². The van der Waals surface area contributed by atoms with Crippen molar-refractivity contribution in [2.24, 2.45) is 0 Å². The molecule has 0 aromatic rings. The monoisotopic (exact) mass is 548 g/mol. The van der Waals surface area contributed by atoms with E-state index in [0.29, 0.717) is 12.1 Å². The second-order valence-corrected chi connectivity index (χ2v) is 13.3. The van der Waals surface area contributed by atoms with Gasteiger partial charge in [-0.15, -0.1) is 0 Å². The third-order valence-electron chi connectivity index (χ3n) is 7.11. The molecule has 36 heavy (non-hydrogen) atoms. The van der Waals surface area contributed by atoms with Crippen molar-refractivity contribution in [2.75, 3.05) is 105 Å². The van der Waals surface area contributed by atoms with Crippen LogP contribution in [-0.2, 0) is 9.47 Å². The van der Waals surface area contributed by atoms with Gasteiger partial charge in [-0.25, -0.2) is 0 Å². The van der Waals surface area contributed by atoms with Crippen LogP contribution in [-0.4, -0.2) is 136 Å². The van der Waals surface area contributed by atoms with E-state index in [1.54, 1.807) is 0 Å². The second kappa shape index (κ2) is 17.9. The van der Waals surface area contributed by atoms with Crippen molar-refractivity contribution in [3.8, 4) is 0 Å². The van der Waals surface area contributed by atoms with Crippen molar-refractivity contribution in [2.45, 2.75) is 62.1 Å². The SMILES string of the molecule is CCC(CNCC(C)(S)CN1CCOCC1)NCCNC(CC)CNCC(C)(S)CN1CCOCC1. The molecule has 2 saturated heterocycles. The molecule has 2 rings (SSSR count). The first kappa shape index (κ1) is 32.6. The molecule has 0 aromatic carbocycles. The van der Waals surface area contributed by atoms with Crippen molar-refractivity contribution in [3.05, 3.63) is 0 Å². The molecule has 0 aliphatic carbocycles. The summed E-state index contributed by atoms with van der Waals surface area (Å²) in [5.74, 6) is 0. The van der Waals surface area contributed by atoms with E-state index < -0.39 is 0 Å². The van der Waals surface area contributed by atoms with Gasteiger partial charge >= 0.3 is 0 Å². The van der Waals surface area contributed by atoms with Crippen molar-refractivity contribution in [1.82, 2.24) is 31.1 Å². The third-order valence-corrected chi connectivity index (χ3v) is 7.70. The quantitative estimate of drug-likeness (QED) is 0.105. The summed E-state index contributed by atoms with van der Waals surface area (Å²) < 4.78 is 10.8. The Labute approximate surface area is 232 Å². The zero-order valence-electron chi connectivity index (χ0n) is 23.5. The highest BCUT2D eigenvalue weighted by atomic mass is 32.1. The summed E-state index contributed by atoms with van der Waals surface area (Å²) in [6, 6.07) is 0.949. The van der Waals surface area contributed by atoms with E-state index in [9.17, 15) is 0 Å². The summed E-state index contributed by atoms with van der Waals surface area (Å²) in [6.45, 7) is 24.1. The van der Waals surface area contributed by atoms with Gasteiger partial charge in [0.2, 0.25) is 0 Å². The maximum Gasteiger partial charge on any atom is 0.0594 e. The molecule has 2 aliphatic heterocycles. The van der Waals surface area contributed by atoms with Gasteiger partial charge in [-0.1, -0.05) is 13.8 Å². The average molecular weight is 549 g/mol. The molecule has 4 unspecified atom stereocenters. The van der Waals surface area contributed by atoms with Crippen LogP contribution in [0.3, 0.4) is 0 Å². The minimum Gasteiger partial charge on any atom is -0.379 e. The van der Waals surface area contributed by atoms with Crippen LogP contribution >= 0.6 is 25.3 Å². The summed E-state index contributed by atoms with van der Waals surface area (Å²) in [7, 11) is 0. The molecule has 0 radical (unpaired) electrons. The fourth-order valence-corrected chi connectivity index (χ4v) is 5.52. The van der Waals surface area contributed by atoms with Crippen molar-refractivity contribution in [3.63, 3.8) is 0 Å². The van der Waals surface area contributed by atoms with Crippen LogP contribution in [0.5, 0.6) is 0 Å². The number of ether oxygens (including phenoxy) is 2. The minimum absolute atomic E-state index is 0.0379. The van der Waals surface area contributed by atoms with Crippen molar-refractivity contribution < 1.29 is 9.47 Å². The van der Waals surface area contributed by atoms with Crippen LogP contribution in [0.15, 0.2) is 0 Å². The lowest BCUT2D eigenvalue weighted by Gasteiger charge is -2.34. The standard InChI is InChI=1S/C26H56N6O2S2/c1-5-23(17-27-19-25(3,35)21-31-9-13-33-14-10-31)29-7-8-30-24(6-2)18-28-20-26(4,36)22-32-11-15-34-16-12-32/h23-24,27-30,35-36H,5-22H2,1-4H3. The van der Waals surface area contributed by atoms with E-state index in [1.807, 2.05) is 0 Å². The van der Waals surface area contributed by atoms with Crippen molar-refractivity contribution in [1.29, 1.82) is 0 Å². The fraction of sp³-hybridized carbons (Fsp3) is 1.00. The number of nitrogens with one attached hydrogen (secondary N) is 4. The first-order valence-electron chi connectivity index (χ1n) is 14.2. The van der Waals surface area contributed by atoms with Crippen LogP contribution in [0.4, 0.5) is 0 Å². The van der Waals surface area contributed by atoms with E-state index >= 15 is 0 Å². The Morgan fingerprint density at radius 1 is 0.694 bits per heavy atom. The Hall–Kier alpha value is 0.380. The molecule has 0 amide bonds. The minimum atomic E-state index is -0.0379. The maximum atomic E-state index is 5.46. The predicted octanol–water partition coefficient (Wildman–Crippen LogP) is 0.943. The zero-order chi connectivity index (χ0) is 26.3. The summed E-state index contributed by atoms with van der Waals surface area (Å²) in [6.07, 6.45) is 2.23. The Kier molecular flexibility index (Phi) is 16.2. The fourth-order valence-electron chi connectivity index (χ4n) is 4.90. The van der Waals surface area contributed by atoms with E-state index in [0.717, 1.165) is 118 Å². The molecule has 0 aromatic heterocycles. The molecule has 8 nitrogen and oxygen atoms in total. The Balaban J connectivity index is 1.55. The van der Waals surface area contributed by atoms with Crippen LogP contribution < -0.4 is 21.3 Å². The summed E-state index contributed by atoms with van der Waals surface area (Å²) in [4.78, 5) is 4.92. The third kappa shape index (κ3) is 14.5. The van der Waals surface area contributed by atoms with Gasteiger partial charge in [-0.3, -0.25) is 9.80 Å². The summed E-state index contributed by atoms with van der Waals surface area (Å²) >= 11 is 9.87. The molecule has 4 N–H and O–H groups in total. The number of hydrogen-bond donors (Lipinski definition) is 6. The van der Waals surface area contributed by atoms with Crippen LogP contribution in [0, 0.1) is 0 Å². The first-order valence-corrected chi connectivity index (χ1v) is 15.1. The predicted molar refractivity (Wildman–Crippen MR) is 159 cm³/mol.